The molecule has 0 N–H and O–H groups in total. The van der Waals surface area contributed by atoms with Crippen LogP contribution in [-0.2, 0) is 14.3 Å². The van der Waals surface area contributed by atoms with E-state index in [0.29, 0.717) is 12.2 Å². The molecule has 2 aromatic rings. The van der Waals surface area contributed by atoms with E-state index >= 15 is 0 Å². The zero-order chi connectivity index (χ0) is 20.0. The van der Waals surface area contributed by atoms with Crippen LogP contribution in [0.15, 0.2) is 36.4 Å². The van der Waals surface area contributed by atoms with Gasteiger partial charge < -0.3 is 14.0 Å². The molecule has 144 valence electrons. The van der Waals surface area contributed by atoms with Gasteiger partial charge in [0, 0.05) is 30.1 Å². The molecule has 0 aliphatic heterocycles. The van der Waals surface area contributed by atoms with E-state index in [1.165, 1.54) is 6.08 Å². The monoisotopic (exact) mass is 369 g/mol. The summed E-state index contributed by atoms with van der Waals surface area (Å²) in [5, 5.41) is 0. The Balaban J connectivity index is 2.00. The van der Waals surface area contributed by atoms with Gasteiger partial charge in [-0.25, -0.2) is 4.79 Å². The van der Waals surface area contributed by atoms with E-state index in [2.05, 4.69) is 4.57 Å². The Hall–Kier alpha value is -2.66. The molecule has 0 radical (unpaired) electrons. The summed E-state index contributed by atoms with van der Waals surface area (Å²) >= 11 is 0. The van der Waals surface area contributed by atoms with Gasteiger partial charge in [-0.05, 0) is 51.0 Å². The molecule has 27 heavy (non-hydrogen) atoms. The second-order valence-electron chi connectivity index (χ2n) is 6.68. The predicted molar refractivity (Wildman–Crippen MR) is 106 cm³/mol. The lowest BCUT2D eigenvalue weighted by Crippen LogP contribution is -2.16. The number of methoxy groups -OCH3 is 1. The third kappa shape index (κ3) is 5.17. The number of ketones is 1. The maximum Gasteiger partial charge on any atom is 0.331 e. The van der Waals surface area contributed by atoms with E-state index in [1.54, 1.807) is 13.2 Å². The highest BCUT2D eigenvalue weighted by Crippen LogP contribution is 2.21. The molecule has 0 fully saturated rings. The number of carbonyl (C=O) groups excluding carboxylic acids is 2. The molecule has 0 bridgehead atoms. The first-order chi connectivity index (χ1) is 12.8. The third-order valence-corrected chi connectivity index (χ3v) is 4.57. The minimum Gasteiger partial charge on any atom is -0.454 e. The van der Waals surface area contributed by atoms with Crippen LogP contribution in [0.5, 0.6) is 0 Å². The van der Waals surface area contributed by atoms with Gasteiger partial charge in [-0.1, -0.05) is 24.3 Å². The van der Waals surface area contributed by atoms with Crippen molar-refractivity contribution in [1.82, 2.24) is 4.57 Å². The number of aromatic nitrogens is 1. The molecule has 0 aliphatic rings. The van der Waals surface area contributed by atoms with Crippen LogP contribution < -0.4 is 0 Å². The van der Waals surface area contributed by atoms with Crippen LogP contribution in [0.4, 0.5) is 0 Å². The number of ether oxygens (including phenoxy) is 2. The summed E-state index contributed by atoms with van der Waals surface area (Å²) in [5.41, 5.74) is 4.41. The largest absolute Gasteiger partial charge is 0.454 e. The molecule has 2 rings (SSSR count). The number of Topliss-reactive ketones (excluding diaryl/α,β-unsaturated/α-hetero) is 1. The Bertz CT molecular complexity index is 848. The minimum absolute atomic E-state index is 0.121. The topological polar surface area (TPSA) is 57.5 Å². The Morgan fingerprint density at radius 3 is 2.56 bits per heavy atom. The molecule has 0 unspecified atom stereocenters. The van der Waals surface area contributed by atoms with E-state index in [4.69, 9.17) is 9.47 Å². The maximum absolute atomic E-state index is 12.5. The van der Waals surface area contributed by atoms with E-state index in [1.807, 2.05) is 58.0 Å². The average molecular weight is 369 g/mol. The number of esters is 1. The standard InChI is InChI=1S/C22H27NO4/c1-15-8-6-7-9-19(15)10-11-22(25)27-14-21(24)20-12-16(2)23(18(20)4)17(3)13-26-5/h6-12,17H,13-14H2,1-5H3/b11-10+/t17-/m1/s1. The van der Waals surface area contributed by atoms with Crippen molar-refractivity contribution >= 4 is 17.8 Å². The van der Waals surface area contributed by atoms with Gasteiger partial charge in [-0.3, -0.25) is 4.79 Å². The fourth-order valence-electron chi connectivity index (χ4n) is 3.25. The highest BCUT2D eigenvalue weighted by Gasteiger charge is 2.19. The molecule has 0 spiro atoms. The predicted octanol–water partition coefficient (Wildman–Crippen LogP) is 4.06. The van der Waals surface area contributed by atoms with Gasteiger partial charge in [-0.15, -0.1) is 0 Å². The first kappa shape index (κ1) is 20.6. The Morgan fingerprint density at radius 1 is 1.19 bits per heavy atom. The fourth-order valence-corrected chi connectivity index (χ4v) is 3.25. The summed E-state index contributed by atoms with van der Waals surface area (Å²) in [7, 11) is 1.65. The quantitative estimate of drug-likeness (QED) is 0.400. The summed E-state index contributed by atoms with van der Waals surface area (Å²) in [5.74, 6) is -0.746. The lowest BCUT2D eigenvalue weighted by atomic mass is 10.1. The molecule has 5 nitrogen and oxygen atoms in total. The lowest BCUT2D eigenvalue weighted by Gasteiger charge is -2.17. The van der Waals surface area contributed by atoms with Crippen molar-refractivity contribution in [3.8, 4) is 0 Å². The summed E-state index contributed by atoms with van der Waals surface area (Å²) in [6.45, 7) is 8.13. The smallest absolute Gasteiger partial charge is 0.331 e. The van der Waals surface area contributed by atoms with Crippen molar-refractivity contribution in [1.29, 1.82) is 0 Å². The third-order valence-electron chi connectivity index (χ3n) is 4.57. The van der Waals surface area contributed by atoms with Crippen molar-refractivity contribution in [2.24, 2.45) is 0 Å². The highest BCUT2D eigenvalue weighted by atomic mass is 16.5. The summed E-state index contributed by atoms with van der Waals surface area (Å²) in [6, 6.07) is 9.68. The van der Waals surface area contributed by atoms with E-state index in [0.717, 1.165) is 22.5 Å². The van der Waals surface area contributed by atoms with Crippen molar-refractivity contribution in [3.05, 3.63) is 64.5 Å². The normalized spacial score (nSPS) is 12.3. The summed E-state index contributed by atoms with van der Waals surface area (Å²) in [6.07, 6.45) is 3.04. The van der Waals surface area contributed by atoms with Crippen molar-refractivity contribution in [3.63, 3.8) is 0 Å². The number of carbonyl (C=O) groups is 2. The number of hydrogen-bond acceptors (Lipinski definition) is 4. The molecule has 0 saturated carbocycles. The van der Waals surface area contributed by atoms with Gasteiger partial charge in [-0.2, -0.15) is 0 Å². The van der Waals surface area contributed by atoms with Crippen molar-refractivity contribution in [2.75, 3.05) is 20.3 Å². The zero-order valence-electron chi connectivity index (χ0n) is 16.6. The molecule has 1 heterocycles. The number of hydrogen-bond donors (Lipinski definition) is 0. The Morgan fingerprint density at radius 2 is 1.89 bits per heavy atom. The maximum atomic E-state index is 12.5. The van der Waals surface area contributed by atoms with E-state index < -0.39 is 5.97 Å². The molecule has 1 aromatic carbocycles. The Kier molecular flexibility index (Phi) is 7.13. The van der Waals surface area contributed by atoms with Crippen LogP contribution in [0.1, 0.15) is 45.8 Å². The van der Waals surface area contributed by atoms with Gasteiger partial charge in [0.2, 0.25) is 5.78 Å². The highest BCUT2D eigenvalue weighted by molar-refractivity contribution is 6.00. The van der Waals surface area contributed by atoms with E-state index in [9.17, 15) is 9.59 Å². The van der Waals surface area contributed by atoms with Gasteiger partial charge in [0.25, 0.3) is 0 Å². The zero-order valence-corrected chi connectivity index (χ0v) is 16.6. The average Bonchev–Trinajstić information content (AvgIpc) is 2.93. The Labute approximate surface area is 160 Å². The van der Waals surface area contributed by atoms with E-state index in [-0.39, 0.29) is 18.4 Å². The minimum atomic E-state index is -0.534. The molecule has 0 saturated heterocycles. The number of nitrogens with zero attached hydrogens (tertiary/aromatic N) is 1. The lowest BCUT2D eigenvalue weighted by molar-refractivity contribution is -0.136. The van der Waals surface area contributed by atoms with Crippen LogP contribution in [0.3, 0.4) is 0 Å². The number of rotatable bonds is 8. The van der Waals surface area contributed by atoms with Gasteiger partial charge in [0.1, 0.15) is 0 Å². The molecule has 0 aliphatic carbocycles. The number of aryl methyl sites for hydroxylation is 2. The second-order valence-corrected chi connectivity index (χ2v) is 6.68. The van der Waals surface area contributed by atoms with Crippen LogP contribution in [0, 0.1) is 20.8 Å². The van der Waals surface area contributed by atoms with Crippen LogP contribution in [-0.4, -0.2) is 36.6 Å². The molecular weight excluding hydrogens is 342 g/mol. The summed E-state index contributed by atoms with van der Waals surface area (Å²) in [4.78, 5) is 24.4. The van der Waals surface area contributed by atoms with Crippen LogP contribution in [0.2, 0.25) is 0 Å². The molecule has 1 atom stereocenters. The molecule has 0 amide bonds. The van der Waals surface area contributed by atoms with Crippen LogP contribution in [0.25, 0.3) is 6.08 Å². The first-order valence-corrected chi connectivity index (χ1v) is 8.96. The molecule has 5 heteroatoms. The first-order valence-electron chi connectivity index (χ1n) is 8.96. The van der Waals surface area contributed by atoms with Crippen molar-refractivity contribution in [2.45, 2.75) is 33.7 Å². The number of benzene rings is 1. The molecule has 1 aromatic heterocycles. The SMILES string of the molecule is COC[C@@H](C)n1c(C)cc(C(=O)COC(=O)/C=C/c2ccccc2C)c1C. The van der Waals surface area contributed by atoms with Crippen LogP contribution >= 0.6 is 0 Å². The van der Waals surface area contributed by atoms with Gasteiger partial charge >= 0.3 is 5.97 Å². The molecular formula is C22H27NO4. The fraction of sp³-hybridized carbons (Fsp3) is 0.364. The van der Waals surface area contributed by atoms with Crippen molar-refractivity contribution < 1.29 is 19.1 Å². The second kappa shape index (κ2) is 9.33. The van der Waals surface area contributed by atoms with Gasteiger partial charge in [0.05, 0.1) is 12.6 Å². The summed E-state index contributed by atoms with van der Waals surface area (Å²) < 4.78 is 12.4. The van der Waals surface area contributed by atoms with Gasteiger partial charge in [0.15, 0.2) is 6.61 Å².